The molecule has 26 heavy (non-hydrogen) atoms. The fourth-order valence-electron chi connectivity index (χ4n) is 3.01. The zero-order valence-electron chi connectivity index (χ0n) is 14.0. The van der Waals surface area contributed by atoms with Crippen LogP contribution in [0.5, 0.6) is 0 Å². The number of hydrogen-bond donors (Lipinski definition) is 1. The molecule has 0 fully saturated rings. The number of nitrogen functional groups attached to an aromatic ring is 1. The molecular formula is C19H16N4O2S. The van der Waals surface area contributed by atoms with Crippen molar-refractivity contribution < 1.29 is 8.42 Å². The molecule has 6 nitrogen and oxygen atoms in total. The number of anilines is 1. The number of aromatic nitrogens is 3. The lowest BCUT2D eigenvalue weighted by Crippen LogP contribution is -2.12. The van der Waals surface area contributed by atoms with E-state index < -0.39 is 10.0 Å². The van der Waals surface area contributed by atoms with Crippen molar-refractivity contribution in [2.75, 3.05) is 5.73 Å². The zero-order chi connectivity index (χ0) is 18.3. The van der Waals surface area contributed by atoms with Gasteiger partial charge in [-0.1, -0.05) is 18.2 Å². The SMILES string of the molecule is Cc1cc(N)ncc1-c1ccnc2c1ccn2S(=O)(=O)c1ccccc1. The lowest BCUT2D eigenvalue weighted by Gasteiger charge is -2.09. The van der Waals surface area contributed by atoms with E-state index in [-0.39, 0.29) is 4.90 Å². The second-order valence-electron chi connectivity index (χ2n) is 5.95. The van der Waals surface area contributed by atoms with Gasteiger partial charge in [-0.2, -0.15) is 0 Å². The van der Waals surface area contributed by atoms with E-state index >= 15 is 0 Å². The molecule has 3 aromatic heterocycles. The molecule has 4 aromatic rings. The van der Waals surface area contributed by atoms with E-state index in [1.807, 2.05) is 13.0 Å². The quantitative estimate of drug-likeness (QED) is 0.603. The van der Waals surface area contributed by atoms with Gasteiger partial charge in [-0.25, -0.2) is 22.4 Å². The summed E-state index contributed by atoms with van der Waals surface area (Å²) in [4.78, 5) is 8.68. The van der Waals surface area contributed by atoms with Crippen molar-refractivity contribution in [1.82, 2.24) is 13.9 Å². The number of aryl methyl sites for hydroxylation is 1. The number of nitrogens with two attached hydrogens (primary N) is 1. The summed E-state index contributed by atoms with van der Waals surface area (Å²) in [5, 5.41) is 0.738. The molecule has 0 aliphatic heterocycles. The predicted molar refractivity (Wildman–Crippen MR) is 101 cm³/mol. The van der Waals surface area contributed by atoms with E-state index in [0.717, 1.165) is 22.1 Å². The second-order valence-corrected chi connectivity index (χ2v) is 7.76. The third-order valence-corrected chi connectivity index (χ3v) is 5.96. The lowest BCUT2D eigenvalue weighted by atomic mass is 10.0. The molecule has 0 atom stereocenters. The van der Waals surface area contributed by atoms with Gasteiger partial charge in [0.25, 0.3) is 10.0 Å². The molecule has 0 unspecified atom stereocenters. The first-order valence-electron chi connectivity index (χ1n) is 7.97. The number of rotatable bonds is 3. The van der Waals surface area contributed by atoms with Gasteiger partial charge in [-0.15, -0.1) is 0 Å². The van der Waals surface area contributed by atoms with Crippen LogP contribution in [-0.2, 0) is 10.0 Å². The largest absolute Gasteiger partial charge is 0.384 e. The van der Waals surface area contributed by atoms with Gasteiger partial charge in [-0.05, 0) is 48.4 Å². The van der Waals surface area contributed by atoms with E-state index in [0.29, 0.717) is 11.5 Å². The fourth-order valence-corrected chi connectivity index (χ4v) is 4.33. The van der Waals surface area contributed by atoms with Gasteiger partial charge in [0.15, 0.2) is 5.65 Å². The molecule has 0 aliphatic rings. The third kappa shape index (κ3) is 2.53. The van der Waals surface area contributed by atoms with Crippen LogP contribution in [0.1, 0.15) is 5.56 Å². The highest BCUT2D eigenvalue weighted by atomic mass is 32.2. The van der Waals surface area contributed by atoms with E-state index in [4.69, 9.17) is 5.73 Å². The van der Waals surface area contributed by atoms with Crippen molar-refractivity contribution in [2.24, 2.45) is 0 Å². The maximum atomic E-state index is 13.0. The van der Waals surface area contributed by atoms with Crippen LogP contribution in [0.3, 0.4) is 0 Å². The highest BCUT2D eigenvalue weighted by molar-refractivity contribution is 7.90. The van der Waals surface area contributed by atoms with Gasteiger partial charge in [-0.3, -0.25) is 0 Å². The molecule has 4 rings (SSSR count). The summed E-state index contributed by atoms with van der Waals surface area (Å²) in [6, 6.07) is 13.7. The second kappa shape index (κ2) is 5.96. The molecule has 0 radical (unpaired) electrons. The Balaban J connectivity index is 1.94. The summed E-state index contributed by atoms with van der Waals surface area (Å²) in [5.41, 5.74) is 8.83. The van der Waals surface area contributed by atoms with Gasteiger partial charge in [0.05, 0.1) is 4.90 Å². The van der Waals surface area contributed by atoms with Crippen molar-refractivity contribution in [3.8, 4) is 11.1 Å². The van der Waals surface area contributed by atoms with Crippen LogP contribution >= 0.6 is 0 Å². The summed E-state index contributed by atoms with van der Waals surface area (Å²) in [5.74, 6) is 0.445. The minimum absolute atomic E-state index is 0.218. The topological polar surface area (TPSA) is 90.9 Å². The molecule has 0 aliphatic carbocycles. The maximum absolute atomic E-state index is 13.0. The summed E-state index contributed by atoms with van der Waals surface area (Å²) < 4.78 is 27.1. The first kappa shape index (κ1) is 16.3. The van der Waals surface area contributed by atoms with Crippen LogP contribution in [0.15, 0.2) is 72.0 Å². The Hall–Kier alpha value is -3.19. The van der Waals surface area contributed by atoms with Crippen LogP contribution in [0.4, 0.5) is 5.82 Å². The highest BCUT2D eigenvalue weighted by Crippen LogP contribution is 2.31. The van der Waals surface area contributed by atoms with Crippen LogP contribution < -0.4 is 5.73 Å². The molecular weight excluding hydrogens is 348 g/mol. The Bertz CT molecular complexity index is 1220. The van der Waals surface area contributed by atoms with Gasteiger partial charge in [0.1, 0.15) is 5.82 Å². The monoisotopic (exact) mass is 364 g/mol. The number of pyridine rings is 2. The standard InChI is InChI=1S/C19H16N4O2S/c1-13-11-18(20)22-12-17(13)15-7-9-21-19-16(15)8-10-23(19)26(24,25)14-5-3-2-4-6-14/h2-12H,1H3,(H2,20,22). The summed E-state index contributed by atoms with van der Waals surface area (Å²) in [6.07, 6.45) is 4.83. The Morgan fingerprint density at radius 2 is 1.77 bits per heavy atom. The summed E-state index contributed by atoms with van der Waals surface area (Å²) in [7, 11) is -3.72. The average Bonchev–Trinajstić information content (AvgIpc) is 3.08. The minimum Gasteiger partial charge on any atom is -0.384 e. The Labute approximate surface area is 151 Å². The Kier molecular flexibility index (Phi) is 3.73. The third-order valence-electron chi connectivity index (χ3n) is 4.28. The van der Waals surface area contributed by atoms with Crippen LogP contribution in [0.2, 0.25) is 0 Å². The van der Waals surface area contributed by atoms with Crippen molar-refractivity contribution in [1.29, 1.82) is 0 Å². The first-order valence-corrected chi connectivity index (χ1v) is 9.41. The molecule has 3 heterocycles. The summed E-state index contributed by atoms with van der Waals surface area (Å²) >= 11 is 0. The number of fused-ring (bicyclic) bond motifs is 1. The molecule has 0 saturated heterocycles. The molecule has 0 bridgehead atoms. The van der Waals surface area contributed by atoms with Crippen LogP contribution in [0.25, 0.3) is 22.2 Å². The number of hydrogen-bond acceptors (Lipinski definition) is 5. The van der Waals surface area contributed by atoms with Gasteiger partial charge < -0.3 is 5.73 Å². The Morgan fingerprint density at radius 3 is 2.50 bits per heavy atom. The number of benzene rings is 1. The summed E-state index contributed by atoms with van der Waals surface area (Å²) in [6.45, 7) is 1.94. The van der Waals surface area contributed by atoms with Crippen LogP contribution in [0, 0.1) is 6.92 Å². The lowest BCUT2D eigenvalue weighted by molar-refractivity contribution is 0.589. The molecule has 7 heteroatoms. The van der Waals surface area contributed by atoms with Crippen LogP contribution in [-0.4, -0.2) is 22.4 Å². The van der Waals surface area contributed by atoms with E-state index in [9.17, 15) is 8.42 Å². The van der Waals surface area contributed by atoms with Crippen molar-refractivity contribution >= 4 is 26.9 Å². The fraction of sp³-hybridized carbons (Fsp3) is 0.0526. The van der Waals surface area contributed by atoms with Crippen molar-refractivity contribution in [3.63, 3.8) is 0 Å². The van der Waals surface area contributed by atoms with Crippen molar-refractivity contribution in [2.45, 2.75) is 11.8 Å². The number of nitrogens with zero attached hydrogens (tertiary/aromatic N) is 3. The zero-order valence-corrected chi connectivity index (χ0v) is 14.8. The van der Waals surface area contributed by atoms with E-state index in [2.05, 4.69) is 9.97 Å². The van der Waals surface area contributed by atoms with Gasteiger partial charge in [0.2, 0.25) is 0 Å². The van der Waals surface area contributed by atoms with E-state index in [1.54, 1.807) is 54.9 Å². The first-order chi connectivity index (χ1) is 12.5. The molecule has 0 spiro atoms. The Morgan fingerprint density at radius 1 is 1.00 bits per heavy atom. The average molecular weight is 364 g/mol. The smallest absolute Gasteiger partial charge is 0.269 e. The molecule has 0 amide bonds. The predicted octanol–water partition coefficient (Wildman–Crippen LogP) is 3.23. The highest BCUT2D eigenvalue weighted by Gasteiger charge is 2.20. The van der Waals surface area contributed by atoms with Crippen molar-refractivity contribution in [3.05, 3.63) is 72.7 Å². The van der Waals surface area contributed by atoms with Gasteiger partial charge >= 0.3 is 0 Å². The molecule has 2 N–H and O–H groups in total. The van der Waals surface area contributed by atoms with E-state index in [1.165, 1.54) is 10.2 Å². The normalized spacial score (nSPS) is 11.7. The molecule has 130 valence electrons. The van der Waals surface area contributed by atoms with Gasteiger partial charge in [0, 0.05) is 29.5 Å². The maximum Gasteiger partial charge on any atom is 0.269 e. The molecule has 0 saturated carbocycles. The minimum atomic E-state index is -3.72. The molecule has 1 aromatic carbocycles.